The van der Waals surface area contributed by atoms with Crippen molar-refractivity contribution in [3.63, 3.8) is 0 Å². The number of rotatable bonds is 8. The Morgan fingerprint density at radius 1 is 1.22 bits per heavy atom. The zero-order valence-electron chi connectivity index (χ0n) is 11.0. The molecule has 0 aliphatic rings. The lowest BCUT2D eigenvalue weighted by atomic mass is 10.0. The lowest BCUT2D eigenvalue weighted by Crippen LogP contribution is -2.22. The standard InChI is InChI=1S/C14H22N2O2/c1-2-3-4-5-6-13(15)11-12-7-9-14(10-8-12)16(17)18/h7-10,13H,2-6,11,15H2,1H3. The predicted octanol–water partition coefficient (Wildman–Crippen LogP) is 3.44. The van der Waals surface area contributed by atoms with Gasteiger partial charge in [0.1, 0.15) is 0 Å². The van der Waals surface area contributed by atoms with Crippen LogP contribution in [-0.2, 0) is 6.42 Å². The SMILES string of the molecule is CCCCCCC(N)Cc1ccc([N+](=O)[O-])cc1. The zero-order valence-corrected chi connectivity index (χ0v) is 11.0. The van der Waals surface area contributed by atoms with Crippen LogP contribution < -0.4 is 5.73 Å². The Morgan fingerprint density at radius 3 is 2.44 bits per heavy atom. The van der Waals surface area contributed by atoms with Crippen LogP contribution in [0.15, 0.2) is 24.3 Å². The van der Waals surface area contributed by atoms with E-state index in [2.05, 4.69) is 6.92 Å². The predicted molar refractivity (Wildman–Crippen MR) is 73.5 cm³/mol. The van der Waals surface area contributed by atoms with Crippen LogP contribution in [0.4, 0.5) is 5.69 Å². The second-order valence-corrected chi connectivity index (χ2v) is 4.74. The summed E-state index contributed by atoms with van der Waals surface area (Å²) in [6.07, 6.45) is 6.73. The van der Waals surface area contributed by atoms with E-state index in [9.17, 15) is 10.1 Å². The molecule has 1 rings (SSSR count). The van der Waals surface area contributed by atoms with Crippen molar-refractivity contribution in [2.45, 2.75) is 51.5 Å². The summed E-state index contributed by atoms with van der Waals surface area (Å²) >= 11 is 0. The minimum Gasteiger partial charge on any atom is -0.327 e. The third-order valence-electron chi connectivity index (χ3n) is 3.07. The average Bonchev–Trinajstić information content (AvgIpc) is 2.35. The number of hydrogen-bond acceptors (Lipinski definition) is 3. The van der Waals surface area contributed by atoms with Crippen molar-refractivity contribution in [3.8, 4) is 0 Å². The largest absolute Gasteiger partial charge is 0.327 e. The van der Waals surface area contributed by atoms with Crippen molar-refractivity contribution in [1.82, 2.24) is 0 Å². The van der Waals surface area contributed by atoms with Crippen LogP contribution in [0.3, 0.4) is 0 Å². The Bertz CT molecular complexity index is 363. The highest BCUT2D eigenvalue weighted by molar-refractivity contribution is 5.33. The quantitative estimate of drug-likeness (QED) is 0.436. The van der Waals surface area contributed by atoms with E-state index in [4.69, 9.17) is 5.73 Å². The Labute approximate surface area is 108 Å². The highest BCUT2D eigenvalue weighted by atomic mass is 16.6. The topological polar surface area (TPSA) is 69.2 Å². The number of nitro groups is 1. The van der Waals surface area contributed by atoms with Gasteiger partial charge in [-0.2, -0.15) is 0 Å². The Balaban J connectivity index is 2.35. The molecule has 2 N–H and O–H groups in total. The minimum atomic E-state index is -0.380. The van der Waals surface area contributed by atoms with Crippen molar-refractivity contribution in [2.24, 2.45) is 5.73 Å². The number of nitro benzene ring substituents is 1. The van der Waals surface area contributed by atoms with Gasteiger partial charge in [-0.25, -0.2) is 0 Å². The van der Waals surface area contributed by atoms with E-state index in [-0.39, 0.29) is 16.7 Å². The molecule has 4 nitrogen and oxygen atoms in total. The van der Waals surface area contributed by atoms with Crippen LogP contribution in [0.25, 0.3) is 0 Å². The van der Waals surface area contributed by atoms with Crippen molar-refractivity contribution in [2.75, 3.05) is 0 Å². The minimum absolute atomic E-state index is 0.135. The van der Waals surface area contributed by atoms with E-state index < -0.39 is 0 Å². The molecule has 0 saturated heterocycles. The van der Waals surface area contributed by atoms with E-state index in [1.807, 2.05) is 0 Å². The van der Waals surface area contributed by atoms with E-state index in [1.165, 1.54) is 25.7 Å². The first-order valence-corrected chi connectivity index (χ1v) is 6.62. The van der Waals surface area contributed by atoms with Crippen molar-refractivity contribution in [1.29, 1.82) is 0 Å². The normalized spacial score (nSPS) is 12.3. The molecule has 1 unspecified atom stereocenters. The molecule has 0 fully saturated rings. The van der Waals surface area contributed by atoms with E-state index in [0.29, 0.717) is 0 Å². The molecule has 100 valence electrons. The van der Waals surface area contributed by atoms with Gasteiger partial charge < -0.3 is 5.73 Å². The molecular formula is C14H22N2O2. The van der Waals surface area contributed by atoms with Gasteiger partial charge in [-0.05, 0) is 18.4 Å². The number of hydrogen-bond donors (Lipinski definition) is 1. The summed E-state index contributed by atoms with van der Waals surface area (Å²) in [5.74, 6) is 0. The van der Waals surface area contributed by atoms with Gasteiger partial charge in [-0.1, -0.05) is 44.7 Å². The Hall–Kier alpha value is -1.42. The van der Waals surface area contributed by atoms with E-state index in [1.54, 1.807) is 24.3 Å². The highest BCUT2D eigenvalue weighted by Crippen LogP contribution is 2.14. The fourth-order valence-corrected chi connectivity index (χ4v) is 1.99. The van der Waals surface area contributed by atoms with Crippen LogP contribution in [0, 0.1) is 10.1 Å². The van der Waals surface area contributed by atoms with E-state index >= 15 is 0 Å². The molecule has 0 aliphatic carbocycles. The molecular weight excluding hydrogens is 228 g/mol. The number of non-ortho nitro benzene ring substituents is 1. The molecule has 0 saturated carbocycles. The number of nitrogens with zero attached hydrogens (tertiary/aromatic N) is 1. The fraction of sp³-hybridized carbons (Fsp3) is 0.571. The van der Waals surface area contributed by atoms with Crippen molar-refractivity contribution >= 4 is 5.69 Å². The van der Waals surface area contributed by atoms with Crippen LogP contribution in [0.2, 0.25) is 0 Å². The maximum absolute atomic E-state index is 10.5. The maximum Gasteiger partial charge on any atom is 0.269 e. The van der Waals surface area contributed by atoms with Gasteiger partial charge in [-0.15, -0.1) is 0 Å². The van der Waals surface area contributed by atoms with Gasteiger partial charge in [-0.3, -0.25) is 10.1 Å². The lowest BCUT2D eigenvalue weighted by molar-refractivity contribution is -0.384. The van der Waals surface area contributed by atoms with E-state index in [0.717, 1.165) is 18.4 Å². The molecule has 0 amide bonds. The molecule has 4 heteroatoms. The molecule has 0 bridgehead atoms. The summed E-state index contributed by atoms with van der Waals surface area (Å²) in [5, 5.41) is 10.5. The number of nitrogens with two attached hydrogens (primary N) is 1. The first-order chi connectivity index (χ1) is 8.63. The fourth-order valence-electron chi connectivity index (χ4n) is 1.99. The number of benzene rings is 1. The zero-order chi connectivity index (χ0) is 13.4. The van der Waals surface area contributed by atoms with Crippen LogP contribution in [0.1, 0.15) is 44.6 Å². The Morgan fingerprint density at radius 2 is 1.89 bits per heavy atom. The summed E-state index contributed by atoms with van der Waals surface area (Å²) in [5.41, 5.74) is 7.26. The monoisotopic (exact) mass is 250 g/mol. The van der Waals surface area contributed by atoms with Gasteiger partial charge in [0.05, 0.1) is 4.92 Å². The van der Waals surface area contributed by atoms with Gasteiger partial charge in [0.15, 0.2) is 0 Å². The summed E-state index contributed by atoms with van der Waals surface area (Å²) < 4.78 is 0. The molecule has 1 aromatic carbocycles. The molecule has 0 aromatic heterocycles. The Kier molecular flexibility index (Phi) is 6.36. The molecule has 0 aliphatic heterocycles. The van der Waals surface area contributed by atoms with Gasteiger partial charge in [0, 0.05) is 18.2 Å². The number of unbranched alkanes of at least 4 members (excludes halogenated alkanes) is 3. The molecule has 1 aromatic rings. The van der Waals surface area contributed by atoms with Crippen LogP contribution in [0.5, 0.6) is 0 Å². The third-order valence-corrected chi connectivity index (χ3v) is 3.07. The summed E-state index contributed by atoms with van der Waals surface area (Å²) in [6.45, 7) is 2.19. The third kappa shape index (κ3) is 5.27. The first kappa shape index (κ1) is 14.6. The van der Waals surface area contributed by atoms with Crippen LogP contribution >= 0.6 is 0 Å². The maximum atomic E-state index is 10.5. The van der Waals surface area contributed by atoms with Crippen LogP contribution in [-0.4, -0.2) is 11.0 Å². The summed E-state index contributed by atoms with van der Waals surface area (Å²) in [4.78, 5) is 10.1. The molecule has 0 heterocycles. The molecule has 0 spiro atoms. The molecule has 0 radical (unpaired) electrons. The van der Waals surface area contributed by atoms with Gasteiger partial charge in [0.25, 0.3) is 5.69 Å². The smallest absolute Gasteiger partial charge is 0.269 e. The first-order valence-electron chi connectivity index (χ1n) is 6.62. The average molecular weight is 250 g/mol. The van der Waals surface area contributed by atoms with Crippen molar-refractivity contribution in [3.05, 3.63) is 39.9 Å². The summed E-state index contributed by atoms with van der Waals surface area (Å²) in [7, 11) is 0. The van der Waals surface area contributed by atoms with Gasteiger partial charge in [0.2, 0.25) is 0 Å². The van der Waals surface area contributed by atoms with Crippen molar-refractivity contribution < 1.29 is 4.92 Å². The lowest BCUT2D eigenvalue weighted by Gasteiger charge is -2.11. The molecule has 18 heavy (non-hydrogen) atoms. The second kappa shape index (κ2) is 7.82. The molecule has 1 atom stereocenters. The second-order valence-electron chi connectivity index (χ2n) is 4.74. The summed E-state index contributed by atoms with van der Waals surface area (Å²) in [6, 6.07) is 6.83. The highest BCUT2D eigenvalue weighted by Gasteiger charge is 2.07. The van der Waals surface area contributed by atoms with Gasteiger partial charge >= 0.3 is 0 Å².